The second-order valence-electron chi connectivity index (χ2n) is 6.38. The van der Waals surface area contributed by atoms with Gasteiger partial charge in [-0.3, -0.25) is 9.59 Å². The van der Waals surface area contributed by atoms with E-state index in [1.54, 1.807) is 0 Å². The molecule has 4 atom stereocenters. The summed E-state index contributed by atoms with van der Waals surface area (Å²) >= 11 is 27.2. The lowest BCUT2D eigenvalue weighted by atomic mass is 10.1. The monoisotopic (exact) mass is 1850 g/mol. The summed E-state index contributed by atoms with van der Waals surface area (Å²) in [6, 6.07) is 0. The highest BCUT2D eigenvalue weighted by Gasteiger charge is 2.53. The fourth-order valence-electron chi connectivity index (χ4n) is 2.67. The van der Waals surface area contributed by atoms with Gasteiger partial charge in [-0.1, -0.05) is 181 Å². The largest absolute Gasteiger partial charge is 0.462 e. The maximum Gasteiger partial charge on any atom is 0.302 e. The highest BCUT2D eigenvalue weighted by molar-refractivity contribution is 14.2. The van der Waals surface area contributed by atoms with E-state index < -0.39 is 0 Å². The average molecular weight is 1850 g/mol. The fraction of sp³-hybridized carbons (Fsp3) is 0.882. The summed E-state index contributed by atoms with van der Waals surface area (Å²) in [5.74, 6) is -0.139. The van der Waals surface area contributed by atoms with Crippen LogP contribution in [-0.2, 0) is 19.1 Å². The van der Waals surface area contributed by atoms with E-state index in [4.69, 9.17) is 9.47 Å². The minimum Gasteiger partial charge on any atom is -0.462 e. The van der Waals surface area contributed by atoms with E-state index in [0.29, 0.717) is 12.8 Å². The zero-order chi connectivity index (χ0) is 28.8. The predicted molar refractivity (Wildman–Crippen MR) is 251 cm³/mol. The summed E-state index contributed by atoms with van der Waals surface area (Å²) in [6.45, 7) is 2.85. The summed E-state index contributed by atoms with van der Waals surface area (Å²) in [5.41, 5.74) is 8.18. The van der Waals surface area contributed by atoms with Gasteiger partial charge in [0.1, 0.15) is 12.2 Å². The Balaban J connectivity index is -0.000000336. The van der Waals surface area contributed by atoms with Gasteiger partial charge in [0.15, 0.2) is 3.10 Å². The Morgan fingerprint density at radius 1 is 0.686 bits per heavy atom. The van der Waals surface area contributed by atoms with Crippen LogP contribution in [-0.4, -0.2) is 37.0 Å². The topological polar surface area (TPSA) is 108 Å². The molecule has 0 aromatic carbocycles. The van der Waals surface area contributed by atoms with Crippen molar-refractivity contribution in [3.8, 4) is 0 Å². The highest BCUT2D eigenvalue weighted by Crippen LogP contribution is 2.50. The molecule has 0 heterocycles. The second kappa shape index (κ2) is 31.6. The quantitative estimate of drug-likeness (QED) is 0.110. The van der Waals surface area contributed by atoms with Gasteiger partial charge in [-0.25, -0.2) is 0 Å². The van der Waals surface area contributed by atoms with E-state index in [2.05, 4.69) is 283 Å². The van der Waals surface area contributed by atoms with Gasteiger partial charge >= 0.3 is 11.9 Å². The van der Waals surface area contributed by atoms with Crippen molar-refractivity contribution < 1.29 is 30.5 Å². The molecule has 1 aliphatic carbocycles. The molecule has 6 N–H and O–H groups in total. The van der Waals surface area contributed by atoms with Gasteiger partial charge in [0.05, 0.1) is 22.6 Å². The first-order chi connectivity index (χ1) is 15.9. The molecule has 0 amide bonds. The number of hydrogen-bond acceptors (Lipinski definition) is 4. The molecular weight excluding hydrogens is 1820 g/mol. The standard InChI is InChI=1S/C13H20I4N2O4.4CH2I2/c1-6(20)22-10(4-12(14,15)18)8-3-9(8)11(23-7(2)21)5-13(16,17)19;4*2-1-3/h8-11H,3-5,18-19H2,1-2H3;4*1H2/p+2. The molecule has 0 saturated heterocycles. The van der Waals surface area contributed by atoms with Gasteiger partial charge in [-0.2, -0.15) is 0 Å². The molecule has 1 aliphatic rings. The summed E-state index contributed by atoms with van der Waals surface area (Å²) in [5, 5.41) is 0. The molecule has 0 aromatic heterocycles. The number of alkyl halides is 12. The molecular formula is C17H30I12N2O4+2. The van der Waals surface area contributed by atoms with Gasteiger partial charge in [-0.05, 0) is 6.42 Å². The number of hydrogen-bond donors (Lipinski definition) is 2. The summed E-state index contributed by atoms with van der Waals surface area (Å²) in [4.78, 5) is 22.8. The van der Waals surface area contributed by atoms with Crippen LogP contribution in [0.5, 0.6) is 0 Å². The number of halogens is 12. The van der Waals surface area contributed by atoms with Crippen molar-refractivity contribution in [1.29, 1.82) is 0 Å². The van der Waals surface area contributed by atoms with Crippen molar-refractivity contribution in [3.05, 3.63) is 0 Å². The number of quaternary nitrogens is 2. The normalized spacial score (nSPS) is 17.7. The first-order valence-corrected chi connectivity index (χ1v) is 25.7. The summed E-state index contributed by atoms with van der Waals surface area (Å²) < 4.78 is 15.3. The third-order valence-corrected chi connectivity index (χ3v) is 5.24. The number of carbonyl (C=O) groups is 2. The highest BCUT2D eigenvalue weighted by atomic mass is 127. The van der Waals surface area contributed by atoms with E-state index >= 15 is 0 Å². The van der Waals surface area contributed by atoms with Crippen LogP contribution in [0, 0.1) is 11.8 Å². The number of carbonyl (C=O) groups excluding carboxylic acids is 2. The van der Waals surface area contributed by atoms with Gasteiger partial charge in [-0.15, -0.1) is 0 Å². The molecule has 1 fully saturated rings. The van der Waals surface area contributed by atoms with Crippen molar-refractivity contribution in [2.24, 2.45) is 11.8 Å². The van der Waals surface area contributed by atoms with Gasteiger partial charge in [0.25, 0.3) is 0 Å². The fourth-order valence-corrected chi connectivity index (χ4v) is 4.40. The van der Waals surface area contributed by atoms with Gasteiger partial charge < -0.3 is 20.9 Å². The van der Waals surface area contributed by atoms with Crippen LogP contribution in [0.2, 0.25) is 0 Å². The van der Waals surface area contributed by atoms with Crippen LogP contribution in [0.4, 0.5) is 0 Å². The maximum atomic E-state index is 11.4. The van der Waals surface area contributed by atoms with Crippen molar-refractivity contribution in [2.75, 3.05) is 9.74 Å². The molecule has 35 heavy (non-hydrogen) atoms. The Bertz CT molecular complexity index is 476. The molecule has 1 saturated carbocycles. The SMILES string of the molecule is CC(=O)OC(CC([NH3+])(I)I)C1CC1C(CC([NH3+])(I)I)OC(C)=O.ICI.ICI.ICI.ICI. The maximum absolute atomic E-state index is 11.4. The number of ether oxygens (including phenoxy) is 2. The van der Waals surface area contributed by atoms with Crippen LogP contribution in [0.3, 0.4) is 0 Å². The van der Waals surface area contributed by atoms with Crippen molar-refractivity contribution in [3.63, 3.8) is 0 Å². The summed E-state index contributed by atoms with van der Waals surface area (Å²) in [7, 11) is 0. The van der Waals surface area contributed by atoms with Crippen LogP contribution >= 0.6 is 271 Å². The first kappa shape index (κ1) is 49.5. The van der Waals surface area contributed by atoms with E-state index in [1.807, 2.05) is 0 Å². The van der Waals surface area contributed by atoms with Crippen LogP contribution in [0.25, 0.3) is 0 Å². The third-order valence-electron chi connectivity index (χ3n) is 3.48. The van der Waals surface area contributed by atoms with E-state index in [0.717, 1.165) is 6.42 Å². The molecule has 18 heteroatoms. The molecule has 0 aromatic rings. The lowest BCUT2D eigenvalue weighted by molar-refractivity contribution is -0.392. The second-order valence-corrected chi connectivity index (χ2v) is 36.6. The molecule has 4 unspecified atom stereocenters. The van der Waals surface area contributed by atoms with Crippen molar-refractivity contribution in [1.82, 2.24) is 0 Å². The Morgan fingerprint density at radius 2 is 0.886 bits per heavy atom. The third kappa shape index (κ3) is 41.6. The Hall–Kier alpha value is 7.62. The molecule has 6 nitrogen and oxygen atoms in total. The molecule has 0 radical (unpaired) electrons. The van der Waals surface area contributed by atoms with Crippen LogP contribution < -0.4 is 11.5 Å². The van der Waals surface area contributed by atoms with E-state index in [9.17, 15) is 9.59 Å². The van der Waals surface area contributed by atoms with Crippen LogP contribution in [0.15, 0.2) is 0 Å². The van der Waals surface area contributed by atoms with Gasteiger partial charge in [0.2, 0.25) is 0 Å². The number of rotatable bonds is 8. The predicted octanol–water partition coefficient (Wildman–Crippen LogP) is 9.05. The molecule has 214 valence electrons. The molecule has 0 spiro atoms. The van der Waals surface area contributed by atoms with E-state index in [-0.39, 0.29) is 39.1 Å². The Labute approximate surface area is 374 Å². The minimum absolute atomic E-state index is 0.190. The molecule has 1 rings (SSSR count). The lowest BCUT2D eigenvalue weighted by Crippen LogP contribution is -2.66. The van der Waals surface area contributed by atoms with Crippen molar-refractivity contribution in [2.45, 2.75) is 48.4 Å². The zero-order valence-electron chi connectivity index (χ0n) is 18.8. The lowest BCUT2D eigenvalue weighted by Gasteiger charge is -2.24. The molecule has 0 aliphatic heterocycles. The van der Waals surface area contributed by atoms with Gasteiger partial charge in [0, 0.05) is 116 Å². The van der Waals surface area contributed by atoms with Crippen molar-refractivity contribution >= 4 is 283 Å². The Kier molecular flexibility index (Phi) is 44.7. The smallest absolute Gasteiger partial charge is 0.302 e. The molecule has 0 bridgehead atoms. The van der Waals surface area contributed by atoms with E-state index in [1.165, 1.54) is 23.6 Å². The Morgan fingerprint density at radius 3 is 1.03 bits per heavy atom. The number of esters is 2. The van der Waals surface area contributed by atoms with Crippen LogP contribution in [0.1, 0.15) is 33.1 Å². The summed E-state index contributed by atoms with van der Waals surface area (Å²) in [6.07, 6.45) is 1.86. The zero-order valence-corrected chi connectivity index (χ0v) is 44.7. The minimum atomic E-state index is -0.281. The average Bonchev–Trinajstić information content (AvgIpc) is 3.41. The first-order valence-electron chi connectivity index (χ1n) is 9.23.